The number of rotatable bonds is 2. The first-order valence-electron chi connectivity index (χ1n) is 5.93. The Balaban J connectivity index is 2.18. The fourth-order valence-corrected chi connectivity index (χ4v) is 2.31. The highest BCUT2D eigenvalue weighted by Gasteiger charge is 2.43. The average Bonchev–Trinajstić information content (AvgIpc) is 2.82. The van der Waals surface area contributed by atoms with Crippen LogP contribution in [-0.4, -0.2) is 35.0 Å². The Morgan fingerprint density at radius 1 is 1.44 bits per heavy atom. The molecule has 2 rings (SSSR count). The molecule has 1 atom stereocenters. The highest BCUT2D eigenvalue weighted by Crippen LogP contribution is 2.31. The summed E-state index contributed by atoms with van der Waals surface area (Å²) in [5.41, 5.74) is -0.0491. The molecule has 18 heavy (non-hydrogen) atoms. The van der Waals surface area contributed by atoms with E-state index in [1.165, 1.54) is 0 Å². The topological polar surface area (TPSA) is 70.8 Å². The number of furan rings is 1. The maximum Gasteiger partial charge on any atom is 0.311 e. The molecule has 1 fully saturated rings. The van der Waals surface area contributed by atoms with E-state index in [2.05, 4.69) is 0 Å². The van der Waals surface area contributed by atoms with Crippen LogP contribution in [0.15, 0.2) is 10.5 Å². The van der Waals surface area contributed by atoms with Crippen molar-refractivity contribution in [3.63, 3.8) is 0 Å². The van der Waals surface area contributed by atoms with Crippen molar-refractivity contribution in [3.8, 4) is 0 Å². The molecule has 1 amide bonds. The minimum atomic E-state index is -0.856. The van der Waals surface area contributed by atoms with E-state index in [-0.39, 0.29) is 12.5 Å². The second-order valence-corrected chi connectivity index (χ2v) is 5.21. The molecule has 0 spiro atoms. The lowest BCUT2D eigenvalue weighted by Crippen LogP contribution is -2.34. The second kappa shape index (κ2) is 4.15. The lowest BCUT2D eigenvalue weighted by molar-refractivity contribution is -0.147. The Morgan fingerprint density at radius 2 is 2.11 bits per heavy atom. The zero-order chi connectivity index (χ0) is 13.5. The highest BCUT2D eigenvalue weighted by atomic mass is 16.4. The Morgan fingerprint density at radius 3 is 2.56 bits per heavy atom. The van der Waals surface area contributed by atoms with Crippen LogP contribution >= 0.6 is 0 Å². The van der Waals surface area contributed by atoms with Crippen LogP contribution < -0.4 is 0 Å². The molecule has 5 heteroatoms. The quantitative estimate of drug-likeness (QED) is 0.870. The number of carboxylic acids is 1. The van der Waals surface area contributed by atoms with E-state index < -0.39 is 11.4 Å². The molecule has 0 bridgehead atoms. The van der Waals surface area contributed by atoms with Crippen LogP contribution in [0.25, 0.3) is 0 Å². The van der Waals surface area contributed by atoms with E-state index in [1.54, 1.807) is 24.8 Å². The first-order chi connectivity index (χ1) is 8.33. The maximum atomic E-state index is 12.2. The summed E-state index contributed by atoms with van der Waals surface area (Å²) in [4.78, 5) is 24.9. The normalized spacial score (nSPS) is 23.4. The number of carbonyl (C=O) groups excluding carboxylic acids is 1. The third-order valence-corrected chi connectivity index (χ3v) is 3.51. The monoisotopic (exact) mass is 251 g/mol. The van der Waals surface area contributed by atoms with Crippen molar-refractivity contribution >= 4 is 11.9 Å². The molecule has 0 aliphatic carbocycles. The summed E-state index contributed by atoms with van der Waals surface area (Å²) in [7, 11) is 0. The minimum absolute atomic E-state index is 0.217. The van der Waals surface area contributed by atoms with Gasteiger partial charge in [-0.1, -0.05) is 0 Å². The zero-order valence-electron chi connectivity index (χ0n) is 10.8. The van der Waals surface area contributed by atoms with Crippen molar-refractivity contribution in [2.45, 2.75) is 27.2 Å². The van der Waals surface area contributed by atoms with E-state index in [1.807, 2.05) is 6.92 Å². The van der Waals surface area contributed by atoms with Crippen LogP contribution in [0.5, 0.6) is 0 Å². The molecule has 0 radical (unpaired) electrons. The molecule has 0 saturated carbocycles. The molecular formula is C13H17NO4. The van der Waals surface area contributed by atoms with Gasteiger partial charge in [0, 0.05) is 18.7 Å². The summed E-state index contributed by atoms with van der Waals surface area (Å²) in [5, 5.41) is 9.14. The molecule has 0 unspecified atom stereocenters. The van der Waals surface area contributed by atoms with Crippen LogP contribution in [0.4, 0.5) is 0 Å². The molecule has 1 aromatic rings. The van der Waals surface area contributed by atoms with Gasteiger partial charge in [-0.25, -0.2) is 0 Å². The number of hydrogen-bond donors (Lipinski definition) is 1. The number of aliphatic carboxylic acids is 1. The number of carbonyl (C=O) groups is 2. The molecule has 1 saturated heterocycles. The van der Waals surface area contributed by atoms with Gasteiger partial charge in [0.1, 0.15) is 5.76 Å². The van der Waals surface area contributed by atoms with Gasteiger partial charge in [-0.05, 0) is 33.3 Å². The van der Waals surface area contributed by atoms with Gasteiger partial charge in [0.05, 0.1) is 5.41 Å². The first kappa shape index (κ1) is 12.7. The fraction of sp³-hybridized carbons (Fsp3) is 0.538. The van der Waals surface area contributed by atoms with Crippen molar-refractivity contribution in [2.75, 3.05) is 13.1 Å². The number of amides is 1. The predicted molar refractivity (Wildman–Crippen MR) is 64.4 cm³/mol. The Bertz CT molecular complexity index is 505. The van der Waals surface area contributed by atoms with E-state index in [9.17, 15) is 9.59 Å². The second-order valence-electron chi connectivity index (χ2n) is 5.21. The van der Waals surface area contributed by atoms with Crippen LogP contribution in [-0.2, 0) is 4.79 Å². The summed E-state index contributed by atoms with van der Waals surface area (Å²) in [6.07, 6.45) is 0.479. The Kier molecular flexibility index (Phi) is 2.92. The van der Waals surface area contributed by atoms with E-state index >= 15 is 0 Å². The van der Waals surface area contributed by atoms with Gasteiger partial charge < -0.3 is 14.4 Å². The number of nitrogens with zero attached hydrogens (tertiary/aromatic N) is 1. The SMILES string of the molecule is Cc1cc(C)c(C(=O)N2CC[C@](C)(C(=O)O)C2)o1. The fourth-order valence-electron chi connectivity index (χ4n) is 2.31. The van der Waals surface area contributed by atoms with Crippen LogP contribution in [0.1, 0.15) is 35.2 Å². The molecule has 1 N–H and O–H groups in total. The summed E-state index contributed by atoms with van der Waals surface area (Å²) >= 11 is 0. The molecule has 1 aliphatic heterocycles. The van der Waals surface area contributed by atoms with Crippen molar-refractivity contribution in [1.82, 2.24) is 4.90 Å². The number of carboxylic acid groups (broad SMARTS) is 1. The number of aryl methyl sites for hydroxylation is 2. The highest BCUT2D eigenvalue weighted by molar-refractivity contribution is 5.93. The summed E-state index contributed by atoms with van der Waals surface area (Å²) in [5.74, 6) is -0.0612. The van der Waals surface area contributed by atoms with Crippen molar-refractivity contribution < 1.29 is 19.1 Å². The third-order valence-electron chi connectivity index (χ3n) is 3.51. The van der Waals surface area contributed by atoms with Gasteiger partial charge in [-0.3, -0.25) is 9.59 Å². The maximum absolute atomic E-state index is 12.2. The van der Waals surface area contributed by atoms with Gasteiger partial charge in [0.25, 0.3) is 5.91 Å². The van der Waals surface area contributed by atoms with Crippen LogP contribution in [0.3, 0.4) is 0 Å². The van der Waals surface area contributed by atoms with Gasteiger partial charge in [0.15, 0.2) is 5.76 Å². The lowest BCUT2D eigenvalue weighted by atomic mass is 9.90. The van der Waals surface area contributed by atoms with Crippen LogP contribution in [0, 0.1) is 19.3 Å². The standard InChI is InChI=1S/C13H17NO4/c1-8-6-9(2)18-10(8)11(15)14-5-4-13(3,7-14)12(16)17/h6H,4-5,7H2,1-3H3,(H,16,17)/t13-/m0/s1. The third kappa shape index (κ3) is 2.00. The van der Waals surface area contributed by atoms with E-state index in [0.29, 0.717) is 24.5 Å². The van der Waals surface area contributed by atoms with Gasteiger partial charge in [0.2, 0.25) is 0 Å². The summed E-state index contributed by atoms with van der Waals surface area (Å²) < 4.78 is 5.38. The molecular weight excluding hydrogens is 234 g/mol. The van der Waals surface area contributed by atoms with E-state index in [4.69, 9.17) is 9.52 Å². The molecule has 2 heterocycles. The van der Waals surface area contributed by atoms with Crippen molar-refractivity contribution in [2.24, 2.45) is 5.41 Å². The number of hydrogen-bond acceptors (Lipinski definition) is 3. The molecule has 1 aromatic heterocycles. The van der Waals surface area contributed by atoms with Crippen LogP contribution in [0.2, 0.25) is 0 Å². The lowest BCUT2D eigenvalue weighted by Gasteiger charge is -2.19. The molecule has 0 aromatic carbocycles. The smallest absolute Gasteiger partial charge is 0.311 e. The largest absolute Gasteiger partial charge is 0.481 e. The number of likely N-dealkylation sites (tertiary alicyclic amines) is 1. The summed E-state index contributed by atoms with van der Waals surface area (Å²) in [6, 6.07) is 1.81. The minimum Gasteiger partial charge on any atom is -0.481 e. The zero-order valence-corrected chi connectivity index (χ0v) is 10.8. The molecule has 1 aliphatic rings. The first-order valence-corrected chi connectivity index (χ1v) is 5.93. The summed E-state index contributed by atoms with van der Waals surface area (Å²) in [6.45, 7) is 5.97. The van der Waals surface area contributed by atoms with Crippen molar-refractivity contribution in [3.05, 3.63) is 23.2 Å². The Labute approximate surface area is 105 Å². The Hall–Kier alpha value is -1.78. The predicted octanol–water partition coefficient (Wildman–Crippen LogP) is 1.83. The van der Waals surface area contributed by atoms with Gasteiger partial charge in [-0.15, -0.1) is 0 Å². The van der Waals surface area contributed by atoms with Gasteiger partial charge >= 0.3 is 5.97 Å². The molecule has 98 valence electrons. The molecule has 5 nitrogen and oxygen atoms in total. The van der Waals surface area contributed by atoms with Crippen molar-refractivity contribution in [1.29, 1.82) is 0 Å². The van der Waals surface area contributed by atoms with E-state index in [0.717, 1.165) is 5.56 Å². The van der Waals surface area contributed by atoms with Gasteiger partial charge in [-0.2, -0.15) is 0 Å². The average molecular weight is 251 g/mol.